The minimum absolute atomic E-state index is 0.0177. The molecule has 2 aromatic carbocycles. The third kappa shape index (κ3) is 2.62. The van der Waals surface area contributed by atoms with E-state index in [1.165, 1.54) is 24.3 Å². The minimum atomic E-state index is -0.518. The van der Waals surface area contributed by atoms with Crippen LogP contribution in [0.4, 0.5) is 5.69 Å². The Bertz CT molecular complexity index is 758. The third-order valence-electron chi connectivity index (χ3n) is 4.12. The Balaban J connectivity index is 1.40. The van der Waals surface area contributed by atoms with E-state index in [4.69, 9.17) is 9.47 Å². The van der Waals surface area contributed by atoms with Gasteiger partial charge in [-0.15, -0.1) is 0 Å². The maximum atomic E-state index is 12.3. The number of non-ortho nitro benzene ring substituents is 1. The molecule has 2 heterocycles. The van der Waals surface area contributed by atoms with Crippen molar-refractivity contribution in [1.82, 2.24) is 0 Å². The van der Waals surface area contributed by atoms with Gasteiger partial charge in [0, 0.05) is 17.7 Å². The number of carbonyl (C=O) groups is 1. The molecule has 2 fully saturated rings. The van der Waals surface area contributed by atoms with E-state index < -0.39 is 11.0 Å². The Morgan fingerprint density at radius 3 is 2.30 bits per heavy atom. The van der Waals surface area contributed by atoms with Gasteiger partial charge in [-0.05, 0) is 17.7 Å². The summed E-state index contributed by atoms with van der Waals surface area (Å²) in [5.41, 5.74) is 1.46. The highest BCUT2D eigenvalue weighted by Gasteiger charge is 2.60. The first-order valence-corrected chi connectivity index (χ1v) is 7.30. The zero-order valence-electron chi connectivity index (χ0n) is 12.0. The molecule has 2 aliphatic rings. The van der Waals surface area contributed by atoms with Crippen LogP contribution in [0.25, 0.3) is 0 Å². The van der Waals surface area contributed by atoms with Crippen molar-refractivity contribution in [3.8, 4) is 0 Å². The van der Waals surface area contributed by atoms with E-state index in [9.17, 15) is 14.9 Å². The second-order valence-corrected chi connectivity index (χ2v) is 5.62. The van der Waals surface area contributed by atoms with Crippen LogP contribution >= 0.6 is 0 Å². The Kier molecular flexibility index (Phi) is 3.21. The molecule has 0 saturated carbocycles. The van der Waals surface area contributed by atoms with Crippen molar-refractivity contribution in [2.45, 2.75) is 24.4 Å². The topological polar surface area (TPSA) is 85.3 Å². The van der Waals surface area contributed by atoms with Crippen LogP contribution in [0.15, 0.2) is 54.6 Å². The van der Waals surface area contributed by atoms with Crippen molar-refractivity contribution >= 4 is 11.5 Å². The fourth-order valence-corrected chi connectivity index (χ4v) is 2.78. The molecule has 116 valence electrons. The maximum absolute atomic E-state index is 12.3. The van der Waals surface area contributed by atoms with Gasteiger partial charge in [0.15, 0.2) is 5.78 Å². The molecule has 6 nitrogen and oxygen atoms in total. The lowest BCUT2D eigenvalue weighted by molar-refractivity contribution is -0.384. The number of benzene rings is 2. The molecule has 4 atom stereocenters. The summed E-state index contributed by atoms with van der Waals surface area (Å²) in [4.78, 5) is 22.5. The third-order valence-corrected chi connectivity index (χ3v) is 4.12. The van der Waals surface area contributed by atoms with Gasteiger partial charge in [0.25, 0.3) is 5.69 Å². The summed E-state index contributed by atoms with van der Waals surface area (Å²) in [5, 5.41) is 10.6. The van der Waals surface area contributed by atoms with Crippen LogP contribution in [0, 0.1) is 10.1 Å². The Morgan fingerprint density at radius 2 is 1.65 bits per heavy atom. The molecular formula is C17H13NO5. The Morgan fingerprint density at radius 1 is 0.957 bits per heavy atom. The summed E-state index contributed by atoms with van der Waals surface area (Å²) in [7, 11) is 0. The average Bonchev–Trinajstić information content (AvgIpc) is 3.47. The number of ketones is 1. The molecule has 6 heteroatoms. The monoisotopic (exact) mass is 311 g/mol. The van der Waals surface area contributed by atoms with Crippen LogP contribution in [-0.2, 0) is 9.47 Å². The van der Waals surface area contributed by atoms with Crippen molar-refractivity contribution in [2.75, 3.05) is 0 Å². The SMILES string of the molecule is O=C(c1ccc([N+](=O)[O-])cc1)[C@H]1O[C@@H]1[C@@H]1O[C@H]1c1ccccc1. The van der Waals surface area contributed by atoms with E-state index in [1.807, 2.05) is 30.3 Å². The highest BCUT2D eigenvalue weighted by Crippen LogP contribution is 2.48. The number of hydrogen-bond acceptors (Lipinski definition) is 5. The lowest BCUT2D eigenvalue weighted by Gasteiger charge is -1.97. The van der Waals surface area contributed by atoms with Gasteiger partial charge in [0.05, 0.1) is 4.92 Å². The molecule has 0 N–H and O–H groups in total. The summed E-state index contributed by atoms with van der Waals surface area (Å²) in [6.45, 7) is 0. The number of nitrogens with zero attached hydrogens (tertiary/aromatic N) is 1. The van der Waals surface area contributed by atoms with Crippen molar-refractivity contribution in [3.63, 3.8) is 0 Å². The predicted molar refractivity (Wildman–Crippen MR) is 80.1 cm³/mol. The molecule has 23 heavy (non-hydrogen) atoms. The molecule has 0 unspecified atom stereocenters. The van der Waals surface area contributed by atoms with Crippen molar-refractivity contribution in [1.29, 1.82) is 0 Å². The summed E-state index contributed by atoms with van der Waals surface area (Å²) in [6.07, 6.45) is -0.863. The van der Waals surface area contributed by atoms with Gasteiger partial charge < -0.3 is 9.47 Å². The van der Waals surface area contributed by atoms with Gasteiger partial charge in [-0.25, -0.2) is 0 Å². The van der Waals surface area contributed by atoms with Crippen molar-refractivity contribution < 1.29 is 19.2 Å². The van der Waals surface area contributed by atoms with Crippen LogP contribution in [-0.4, -0.2) is 29.0 Å². The molecule has 0 amide bonds. The Hall–Kier alpha value is -2.57. The van der Waals surface area contributed by atoms with Crippen molar-refractivity contribution in [2.24, 2.45) is 0 Å². The second-order valence-electron chi connectivity index (χ2n) is 5.62. The Labute approximate surface area is 131 Å². The lowest BCUT2D eigenvalue weighted by atomic mass is 10.0. The maximum Gasteiger partial charge on any atom is 0.269 e. The van der Waals surface area contributed by atoms with Gasteiger partial charge in [0.2, 0.25) is 0 Å². The molecule has 2 aromatic rings. The highest BCUT2D eigenvalue weighted by molar-refractivity contribution is 6.01. The lowest BCUT2D eigenvalue weighted by Crippen LogP contribution is -2.13. The largest absolute Gasteiger partial charge is 0.362 e. The molecule has 0 spiro atoms. The molecular weight excluding hydrogens is 298 g/mol. The molecule has 0 bridgehead atoms. The van der Waals surface area contributed by atoms with E-state index in [1.54, 1.807) is 0 Å². The highest BCUT2D eigenvalue weighted by atomic mass is 16.7. The number of nitro groups is 1. The van der Waals surface area contributed by atoms with E-state index in [-0.39, 0.29) is 29.8 Å². The number of epoxide rings is 2. The molecule has 0 aliphatic carbocycles. The van der Waals surface area contributed by atoms with Crippen LogP contribution < -0.4 is 0 Å². The second kappa shape index (κ2) is 5.26. The van der Waals surface area contributed by atoms with Crippen LogP contribution in [0.5, 0.6) is 0 Å². The number of hydrogen-bond donors (Lipinski definition) is 0. The molecule has 4 rings (SSSR count). The van der Waals surface area contributed by atoms with Gasteiger partial charge in [-0.1, -0.05) is 30.3 Å². The van der Waals surface area contributed by atoms with Crippen LogP contribution in [0.2, 0.25) is 0 Å². The number of rotatable bonds is 5. The molecule has 2 aliphatic heterocycles. The number of ether oxygens (including phenoxy) is 2. The normalized spacial score (nSPS) is 28.2. The van der Waals surface area contributed by atoms with E-state index in [0.717, 1.165) is 5.56 Å². The van der Waals surface area contributed by atoms with E-state index in [0.29, 0.717) is 5.56 Å². The van der Waals surface area contributed by atoms with Gasteiger partial charge in [0.1, 0.15) is 24.4 Å². The molecule has 0 radical (unpaired) electrons. The van der Waals surface area contributed by atoms with Crippen LogP contribution in [0.1, 0.15) is 22.0 Å². The van der Waals surface area contributed by atoms with Gasteiger partial charge in [-0.3, -0.25) is 14.9 Å². The molecule has 0 aromatic heterocycles. The van der Waals surface area contributed by atoms with Gasteiger partial charge in [-0.2, -0.15) is 0 Å². The molecule has 2 saturated heterocycles. The summed E-state index contributed by atoms with van der Waals surface area (Å²) in [5.74, 6) is -0.160. The summed E-state index contributed by atoms with van der Waals surface area (Å²) >= 11 is 0. The number of nitro benzene ring substituents is 1. The van der Waals surface area contributed by atoms with E-state index in [2.05, 4.69) is 0 Å². The zero-order chi connectivity index (χ0) is 16.0. The fraction of sp³-hybridized carbons (Fsp3) is 0.235. The first-order chi connectivity index (χ1) is 11.1. The standard InChI is InChI=1S/C17H13NO5/c19-13(10-6-8-12(9-7-10)18(20)21)15-17(23-15)16-14(22-16)11-4-2-1-3-5-11/h1-9,14-17H/t14-,15+,16+,17-/m0/s1. The summed E-state index contributed by atoms with van der Waals surface area (Å²) < 4.78 is 11.1. The minimum Gasteiger partial charge on any atom is -0.362 e. The first-order valence-electron chi connectivity index (χ1n) is 7.30. The fourth-order valence-electron chi connectivity index (χ4n) is 2.78. The quantitative estimate of drug-likeness (QED) is 0.367. The van der Waals surface area contributed by atoms with Gasteiger partial charge >= 0.3 is 0 Å². The van der Waals surface area contributed by atoms with E-state index >= 15 is 0 Å². The zero-order valence-corrected chi connectivity index (χ0v) is 12.0. The number of Topliss-reactive ketones (excluding diaryl/α,β-unsaturated/α-hetero) is 1. The average molecular weight is 311 g/mol. The smallest absolute Gasteiger partial charge is 0.269 e. The van der Waals surface area contributed by atoms with Crippen molar-refractivity contribution in [3.05, 3.63) is 75.8 Å². The van der Waals surface area contributed by atoms with Crippen LogP contribution in [0.3, 0.4) is 0 Å². The predicted octanol–water partition coefficient (Wildman–Crippen LogP) is 2.69. The number of carbonyl (C=O) groups excluding carboxylic acids is 1. The first kappa shape index (κ1) is 14.0. The summed E-state index contributed by atoms with van der Waals surface area (Å²) in [6, 6.07) is 15.4.